The Kier molecular flexibility index (Phi) is 6.49. The molecule has 0 saturated carbocycles. The Bertz CT molecular complexity index is 1140. The van der Waals surface area contributed by atoms with Crippen LogP contribution in [0.1, 0.15) is 25.1 Å². The van der Waals surface area contributed by atoms with E-state index in [0.717, 1.165) is 20.1 Å². The molecule has 3 aromatic rings. The summed E-state index contributed by atoms with van der Waals surface area (Å²) in [6, 6.07) is 11.3. The van der Waals surface area contributed by atoms with E-state index in [1.165, 1.54) is 11.8 Å². The van der Waals surface area contributed by atoms with Crippen LogP contribution in [0.4, 0.5) is 5.69 Å². The number of para-hydroxylation sites is 1. The van der Waals surface area contributed by atoms with E-state index < -0.39 is 6.23 Å². The molecule has 1 aliphatic rings. The van der Waals surface area contributed by atoms with Crippen molar-refractivity contribution < 1.29 is 14.3 Å². The minimum absolute atomic E-state index is 0.0913. The zero-order valence-corrected chi connectivity index (χ0v) is 20.9. The summed E-state index contributed by atoms with van der Waals surface area (Å²) in [5.41, 5.74) is 2.67. The lowest BCUT2D eigenvalue weighted by Crippen LogP contribution is -2.37. The first-order valence-corrected chi connectivity index (χ1v) is 12.2. The molecule has 10 heteroatoms. The summed E-state index contributed by atoms with van der Waals surface area (Å²) in [5, 5.41) is 9.03. The highest BCUT2D eigenvalue weighted by molar-refractivity contribution is 9.11. The Morgan fingerprint density at radius 3 is 2.58 bits per heavy atom. The number of benzene rings is 2. The Labute approximate surface area is 200 Å². The number of halogens is 2. The van der Waals surface area contributed by atoms with Gasteiger partial charge in [0.15, 0.2) is 5.69 Å². The van der Waals surface area contributed by atoms with Gasteiger partial charge in [-0.2, -0.15) is 4.98 Å². The number of hydrogen-bond donors (Lipinski definition) is 0. The van der Waals surface area contributed by atoms with Crippen molar-refractivity contribution in [3.8, 4) is 22.9 Å². The van der Waals surface area contributed by atoms with Crippen LogP contribution in [0.3, 0.4) is 0 Å². The first-order chi connectivity index (χ1) is 15.0. The van der Waals surface area contributed by atoms with Crippen LogP contribution in [0.2, 0.25) is 0 Å². The first-order valence-electron chi connectivity index (χ1n) is 9.38. The van der Waals surface area contributed by atoms with Crippen LogP contribution in [0.5, 0.6) is 11.6 Å². The van der Waals surface area contributed by atoms with E-state index in [2.05, 4.69) is 47.0 Å². The highest BCUT2D eigenvalue weighted by Gasteiger charge is 2.35. The van der Waals surface area contributed by atoms with Crippen LogP contribution in [0.15, 0.2) is 50.5 Å². The van der Waals surface area contributed by atoms with Crippen LogP contribution < -0.4 is 14.4 Å². The van der Waals surface area contributed by atoms with Gasteiger partial charge in [-0.05, 0) is 56.3 Å². The quantitative estimate of drug-likeness (QED) is 0.379. The number of ether oxygens (including phenoxy) is 2. The highest BCUT2D eigenvalue weighted by atomic mass is 79.9. The lowest BCUT2D eigenvalue weighted by atomic mass is 10.1. The van der Waals surface area contributed by atoms with Gasteiger partial charge in [-0.3, -0.25) is 9.69 Å². The first kappa shape index (κ1) is 22.0. The van der Waals surface area contributed by atoms with E-state index >= 15 is 0 Å². The number of amides is 1. The summed E-state index contributed by atoms with van der Waals surface area (Å²) < 4.78 is 13.3. The van der Waals surface area contributed by atoms with Gasteiger partial charge in [0.1, 0.15) is 5.75 Å². The second kappa shape index (κ2) is 9.13. The van der Waals surface area contributed by atoms with Crippen molar-refractivity contribution in [1.82, 2.24) is 15.2 Å². The summed E-state index contributed by atoms with van der Waals surface area (Å²) in [7, 11) is 1.60. The van der Waals surface area contributed by atoms with Crippen molar-refractivity contribution in [3.63, 3.8) is 0 Å². The summed E-state index contributed by atoms with van der Waals surface area (Å²) in [4.78, 5) is 19.4. The minimum Gasteiger partial charge on any atom is -0.494 e. The average Bonchev–Trinajstić information content (AvgIpc) is 2.92. The molecule has 1 aliphatic heterocycles. The standard InChI is InChI=1S/C21H18Br2N4O3S/c1-4-16(28)27-15-8-6-5-7-12(15)17-19(24-21(31-3)26-25-17)30-20(27)11-9-13(22)18(29-2)14(23)10-11/h5-10,20H,4H2,1-3H3/t20-/m0/s1. The van der Waals surface area contributed by atoms with Crippen molar-refractivity contribution in [1.29, 1.82) is 0 Å². The fourth-order valence-corrected chi connectivity index (χ4v) is 5.22. The Morgan fingerprint density at radius 1 is 1.23 bits per heavy atom. The third-order valence-electron chi connectivity index (χ3n) is 4.78. The van der Waals surface area contributed by atoms with E-state index in [4.69, 9.17) is 9.47 Å². The number of nitrogens with zero attached hydrogens (tertiary/aromatic N) is 4. The maximum atomic E-state index is 13.2. The van der Waals surface area contributed by atoms with Crippen molar-refractivity contribution in [2.75, 3.05) is 18.3 Å². The van der Waals surface area contributed by atoms with Crippen molar-refractivity contribution in [3.05, 3.63) is 50.9 Å². The predicted octanol–water partition coefficient (Wildman–Crippen LogP) is 5.63. The molecule has 1 amide bonds. The summed E-state index contributed by atoms with van der Waals surface area (Å²) in [6.45, 7) is 1.82. The number of hydrogen-bond acceptors (Lipinski definition) is 7. The molecule has 4 rings (SSSR count). The molecule has 1 atom stereocenters. The molecule has 0 aliphatic carbocycles. The molecule has 0 unspecified atom stereocenters. The van der Waals surface area contributed by atoms with Crippen molar-refractivity contribution in [2.24, 2.45) is 0 Å². The van der Waals surface area contributed by atoms with Gasteiger partial charge < -0.3 is 9.47 Å². The van der Waals surface area contributed by atoms with Gasteiger partial charge in [-0.15, -0.1) is 10.2 Å². The van der Waals surface area contributed by atoms with Crippen molar-refractivity contribution >= 4 is 55.2 Å². The molecule has 0 saturated heterocycles. The van der Waals surface area contributed by atoms with Crippen LogP contribution in [-0.2, 0) is 4.79 Å². The van der Waals surface area contributed by atoms with E-state index in [-0.39, 0.29) is 5.91 Å². The van der Waals surface area contributed by atoms with Crippen LogP contribution in [0, 0.1) is 0 Å². The number of carbonyl (C=O) groups is 1. The van der Waals surface area contributed by atoms with Gasteiger partial charge >= 0.3 is 0 Å². The molecule has 0 spiro atoms. The van der Waals surface area contributed by atoms with Gasteiger partial charge in [0.2, 0.25) is 23.2 Å². The molecular formula is C21H18Br2N4O3S. The van der Waals surface area contributed by atoms with Crippen LogP contribution in [0.25, 0.3) is 11.3 Å². The van der Waals surface area contributed by atoms with E-state index in [0.29, 0.717) is 34.6 Å². The van der Waals surface area contributed by atoms with E-state index in [9.17, 15) is 4.79 Å². The van der Waals surface area contributed by atoms with Gasteiger partial charge in [-0.25, -0.2) is 0 Å². The number of fused-ring (bicyclic) bond motifs is 3. The van der Waals surface area contributed by atoms with Gasteiger partial charge in [-0.1, -0.05) is 36.9 Å². The molecule has 2 aromatic carbocycles. The number of carbonyl (C=O) groups excluding carboxylic acids is 1. The molecular weight excluding hydrogens is 548 g/mol. The maximum absolute atomic E-state index is 13.2. The van der Waals surface area contributed by atoms with Gasteiger partial charge in [0.25, 0.3) is 0 Å². The van der Waals surface area contributed by atoms with Crippen molar-refractivity contribution in [2.45, 2.75) is 24.7 Å². The molecule has 0 bridgehead atoms. The summed E-state index contributed by atoms with van der Waals surface area (Å²) in [5.74, 6) is 0.887. The van der Waals surface area contributed by atoms with Gasteiger partial charge in [0.05, 0.1) is 21.7 Å². The third kappa shape index (κ3) is 4.04. The third-order valence-corrected chi connectivity index (χ3v) is 6.49. The number of thioether (sulfide) groups is 1. The molecule has 0 radical (unpaired) electrons. The number of anilines is 1. The molecule has 2 heterocycles. The fraction of sp³-hybridized carbons (Fsp3) is 0.238. The zero-order valence-electron chi connectivity index (χ0n) is 16.9. The Hall–Kier alpha value is -2.17. The monoisotopic (exact) mass is 564 g/mol. The molecule has 0 N–H and O–H groups in total. The fourth-order valence-electron chi connectivity index (χ4n) is 3.37. The van der Waals surface area contributed by atoms with E-state index in [1.54, 1.807) is 12.0 Å². The maximum Gasteiger partial charge on any atom is 0.247 e. The molecule has 7 nitrogen and oxygen atoms in total. The molecule has 160 valence electrons. The number of rotatable bonds is 4. The van der Waals surface area contributed by atoms with Crippen LogP contribution >= 0.6 is 43.6 Å². The second-order valence-electron chi connectivity index (χ2n) is 6.57. The normalized spacial score (nSPS) is 14.9. The zero-order chi connectivity index (χ0) is 22.1. The van der Waals surface area contributed by atoms with Gasteiger partial charge in [0, 0.05) is 17.5 Å². The number of methoxy groups -OCH3 is 1. The SMILES string of the molecule is CCC(=O)N1c2ccccc2-c2nnc(SC)nc2O[C@H]1c1cc(Br)c(OC)c(Br)c1. The Morgan fingerprint density at radius 2 is 1.94 bits per heavy atom. The highest BCUT2D eigenvalue weighted by Crippen LogP contribution is 2.45. The van der Waals surface area contributed by atoms with E-state index in [1.807, 2.05) is 49.6 Å². The number of aromatic nitrogens is 3. The second-order valence-corrected chi connectivity index (χ2v) is 9.06. The topological polar surface area (TPSA) is 77.4 Å². The lowest BCUT2D eigenvalue weighted by Gasteiger charge is -2.31. The van der Waals surface area contributed by atoms with Crippen LogP contribution in [-0.4, -0.2) is 34.5 Å². The summed E-state index contributed by atoms with van der Waals surface area (Å²) in [6.07, 6.45) is 1.41. The molecule has 31 heavy (non-hydrogen) atoms. The molecule has 0 fully saturated rings. The predicted molar refractivity (Wildman–Crippen MR) is 127 cm³/mol. The lowest BCUT2D eigenvalue weighted by molar-refractivity contribution is -0.120. The Balaban J connectivity index is 1.98. The largest absolute Gasteiger partial charge is 0.494 e. The summed E-state index contributed by atoms with van der Waals surface area (Å²) >= 11 is 8.47. The molecule has 1 aromatic heterocycles. The minimum atomic E-state index is -0.764. The smallest absolute Gasteiger partial charge is 0.247 e. The average molecular weight is 566 g/mol.